The van der Waals surface area contributed by atoms with Gasteiger partial charge in [0.25, 0.3) is 0 Å². The van der Waals surface area contributed by atoms with E-state index in [0.717, 1.165) is 19.3 Å². The molecule has 1 fully saturated rings. The molecule has 3 heteroatoms. The highest BCUT2D eigenvalue weighted by atomic mass is 19.4. The van der Waals surface area contributed by atoms with Gasteiger partial charge in [0.15, 0.2) is 0 Å². The van der Waals surface area contributed by atoms with Crippen LogP contribution < -0.4 is 0 Å². The first kappa shape index (κ1) is 10.9. The number of halogens is 3. The van der Waals surface area contributed by atoms with Crippen LogP contribution in [0, 0.1) is 5.92 Å². The molecule has 1 aliphatic rings. The fourth-order valence-corrected chi connectivity index (χ4v) is 2.07. The maximum atomic E-state index is 11.8. The highest BCUT2D eigenvalue weighted by molar-refractivity contribution is 4.66. The fraction of sp³-hybridized carbons (Fsp3) is 1.00. The molecule has 1 saturated carbocycles. The van der Waals surface area contributed by atoms with Crippen LogP contribution in [0.3, 0.4) is 0 Å². The summed E-state index contributed by atoms with van der Waals surface area (Å²) in [6.07, 6.45) is 2.57. The molecule has 0 aromatic heterocycles. The molecule has 0 aliphatic heterocycles. The lowest BCUT2D eigenvalue weighted by Crippen LogP contribution is -2.10. The van der Waals surface area contributed by atoms with Crippen molar-refractivity contribution in [3.05, 3.63) is 0 Å². The molecule has 0 aromatic carbocycles. The van der Waals surface area contributed by atoms with Crippen molar-refractivity contribution in [3.8, 4) is 0 Å². The third kappa shape index (κ3) is 5.17. The lowest BCUT2D eigenvalue weighted by Gasteiger charge is -2.21. The maximum absolute atomic E-state index is 11.8. The Morgan fingerprint density at radius 3 is 2.15 bits per heavy atom. The monoisotopic (exact) mass is 194 g/mol. The molecule has 0 saturated heterocycles. The molecular weight excluding hydrogens is 177 g/mol. The van der Waals surface area contributed by atoms with Crippen molar-refractivity contribution in [2.75, 3.05) is 0 Å². The zero-order chi connectivity index (χ0) is 9.73. The Hall–Kier alpha value is -0.210. The Morgan fingerprint density at radius 2 is 1.62 bits per heavy atom. The van der Waals surface area contributed by atoms with Gasteiger partial charge in [0.05, 0.1) is 0 Å². The molecule has 0 N–H and O–H groups in total. The predicted molar refractivity (Wildman–Crippen MR) is 46.5 cm³/mol. The summed E-state index contributed by atoms with van der Waals surface area (Å²) in [7, 11) is 0. The van der Waals surface area contributed by atoms with Crippen LogP contribution in [0.4, 0.5) is 13.2 Å². The van der Waals surface area contributed by atoms with Crippen molar-refractivity contribution >= 4 is 0 Å². The molecular formula is C10H17F3. The minimum absolute atomic E-state index is 0.328. The highest BCUT2D eigenvalue weighted by Gasteiger charge is 2.26. The zero-order valence-corrected chi connectivity index (χ0v) is 7.87. The number of alkyl halides is 3. The third-order valence-electron chi connectivity index (χ3n) is 2.80. The van der Waals surface area contributed by atoms with Crippen molar-refractivity contribution in [1.82, 2.24) is 0 Å². The van der Waals surface area contributed by atoms with E-state index in [1.165, 1.54) is 19.3 Å². The van der Waals surface area contributed by atoms with E-state index in [9.17, 15) is 13.2 Å². The Bertz CT molecular complexity index is 134. The molecule has 0 heterocycles. The molecule has 1 rings (SSSR count). The number of hydrogen-bond acceptors (Lipinski definition) is 0. The molecule has 0 atom stereocenters. The summed E-state index contributed by atoms with van der Waals surface area (Å²) >= 11 is 0. The molecule has 78 valence electrons. The van der Waals surface area contributed by atoms with Crippen LogP contribution in [0.1, 0.15) is 51.4 Å². The van der Waals surface area contributed by atoms with E-state index in [-0.39, 0.29) is 0 Å². The molecule has 0 amide bonds. The van der Waals surface area contributed by atoms with Crippen LogP contribution in [-0.4, -0.2) is 6.18 Å². The summed E-state index contributed by atoms with van der Waals surface area (Å²) in [5, 5.41) is 0. The second kappa shape index (κ2) is 4.87. The van der Waals surface area contributed by atoms with E-state index in [2.05, 4.69) is 0 Å². The smallest absolute Gasteiger partial charge is 0.171 e. The van der Waals surface area contributed by atoms with Gasteiger partial charge in [0.1, 0.15) is 0 Å². The quantitative estimate of drug-likeness (QED) is 0.628. The van der Waals surface area contributed by atoms with E-state index < -0.39 is 12.6 Å². The number of hydrogen-bond donors (Lipinski definition) is 0. The van der Waals surface area contributed by atoms with Gasteiger partial charge in [-0.2, -0.15) is 13.2 Å². The van der Waals surface area contributed by atoms with Gasteiger partial charge in [0, 0.05) is 6.42 Å². The zero-order valence-electron chi connectivity index (χ0n) is 7.87. The van der Waals surface area contributed by atoms with Gasteiger partial charge in [-0.15, -0.1) is 0 Å². The summed E-state index contributed by atoms with van der Waals surface area (Å²) in [5.41, 5.74) is 0. The van der Waals surface area contributed by atoms with Gasteiger partial charge in [-0.3, -0.25) is 0 Å². The van der Waals surface area contributed by atoms with Gasteiger partial charge in [0.2, 0.25) is 0 Å². The Balaban J connectivity index is 2.04. The fourth-order valence-electron chi connectivity index (χ4n) is 2.07. The summed E-state index contributed by atoms with van der Waals surface area (Å²) in [5.74, 6) is 0.580. The van der Waals surface area contributed by atoms with Crippen LogP contribution in [0.15, 0.2) is 0 Å². The van der Waals surface area contributed by atoms with Crippen molar-refractivity contribution < 1.29 is 13.2 Å². The highest BCUT2D eigenvalue weighted by Crippen LogP contribution is 2.30. The van der Waals surface area contributed by atoms with E-state index in [0.29, 0.717) is 12.3 Å². The van der Waals surface area contributed by atoms with E-state index >= 15 is 0 Å². The first-order valence-electron chi connectivity index (χ1n) is 5.15. The Kier molecular flexibility index (Phi) is 4.07. The summed E-state index contributed by atoms with van der Waals surface area (Å²) in [6, 6.07) is 0. The third-order valence-corrected chi connectivity index (χ3v) is 2.80. The van der Waals surface area contributed by atoms with Crippen LogP contribution in [0.5, 0.6) is 0 Å². The predicted octanol–water partition coefficient (Wildman–Crippen LogP) is 4.30. The van der Waals surface area contributed by atoms with Gasteiger partial charge in [-0.05, 0) is 12.3 Å². The minimum atomic E-state index is -3.95. The summed E-state index contributed by atoms with van der Waals surface area (Å²) < 4.78 is 35.4. The standard InChI is InChI=1S/C10H17F3/c11-10(12,13)8-4-7-9-5-2-1-3-6-9/h9H,1-8H2. The van der Waals surface area contributed by atoms with E-state index in [4.69, 9.17) is 0 Å². The van der Waals surface area contributed by atoms with Crippen molar-refractivity contribution in [1.29, 1.82) is 0 Å². The van der Waals surface area contributed by atoms with E-state index in [1.54, 1.807) is 0 Å². The van der Waals surface area contributed by atoms with Gasteiger partial charge < -0.3 is 0 Å². The molecule has 0 aromatic rings. The maximum Gasteiger partial charge on any atom is 0.389 e. The summed E-state index contributed by atoms with van der Waals surface area (Å²) in [6.45, 7) is 0. The molecule has 0 unspecified atom stereocenters. The SMILES string of the molecule is FC(F)(F)CCCC1CCCCC1. The largest absolute Gasteiger partial charge is 0.389 e. The van der Waals surface area contributed by atoms with Gasteiger partial charge in [-0.25, -0.2) is 0 Å². The second-order valence-electron chi connectivity index (χ2n) is 4.01. The lowest BCUT2D eigenvalue weighted by molar-refractivity contribution is -0.136. The van der Waals surface area contributed by atoms with Crippen LogP contribution in [0.2, 0.25) is 0 Å². The molecule has 0 spiro atoms. The topological polar surface area (TPSA) is 0 Å². The van der Waals surface area contributed by atoms with Gasteiger partial charge in [-0.1, -0.05) is 38.5 Å². The average Bonchev–Trinajstić information content (AvgIpc) is 2.04. The van der Waals surface area contributed by atoms with Crippen LogP contribution in [0.25, 0.3) is 0 Å². The minimum Gasteiger partial charge on any atom is -0.171 e. The second-order valence-corrected chi connectivity index (χ2v) is 4.01. The molecule has 1 aliphatic carbocycles. The van der Waals surface area contributed by atoms with Crippen molar-refractivity contribution in [3.63, 3.8) is 0 Å². The normalized spacial score (nSPS) is 20.5. The summed E-state index contributed by atoms with van der Waals surface area (Å²) in [4.78, 5) is 0. The average molecular weight is 194 g/mol. The van der Waals surface area contributed by atoms with Crippen molar-refractivity contribution in [2.24, 2.45) is 5.92 Å². The van der Waals surface area contributed by atoms with Gasteiger partial charge >= 0.3 is 6.18 Å². The van der Waals surface area contributed by atoms with E-state index in [1.807, 2.05) is 0 Å². The Morgan fingerprint density at radius 1 is 1.00 bits per heavy atom. The van der Waals surface area contributed by atoms with Crippen LogP contribution in [-0.2, 0) is 0 Å². The number of rotatable bonds is 3. The molecule has 13 heavy (non-hydrogen) atoms. The molecule has 0 bridgehead atoms. The lowest BCUT2D eigenvalue weighted by atomic mass is 9.86. The first-order valence-corrected chi connectivity index (χ1v) is 5.15. The first-order chi connectivity index (χ1) is 6.08. The Labute approximate surface area is 77.5 Å². The van der Waals surface area contributed by atoms with Crippen LogP contribution >= 0.6 is 0 Å². The van der Waals surface area contributed by atoms with Crippen molar-refractivity contribution in [2.45, 2.75) is 57.5 Å². The molecule has 0 radical (unpaired) electrons. The molecule has 0 nitrogen and oxygen atoms in total.